The first-order valence-electron chi connectivity index (χ1n) is 5.03. The zero-order chi connectivity index (χ0) is 9.41. The zero-order valence-corrected chi connectivity index (χ0v) is 8.85. The van der Waals surface area contributed by atoms with Crippen LogP contribution in [-0.4, -0.2) is 11.2 Å². The van der Waals surface area contributed by atoms with Gasteiger partial charge in [0.2, 0.25) is 0 Å². The Labute approximate surface area is 76.2 Å². The minimum Gasteiger partial charge on any atom is -0.393 e. The van der Waals surface area contributed by atoms with Crippen LogP contribution in [0.3, 0.4) is 0 Å². The molecule has 0 aromatic rings. The van der Waals surface area contributed by atoms with E-state index < -0.39 is 0 Å². The SMILES string of the molecule is CC(C)(C)C1(C)CCC(O)CC1. The van der Waals surface area contributed by atoms with Crippen molar-refractivity contribution in [1.29, 1.82) is 0 Å². The van der Waals surface area contributed by atoms with E-state index in [1.807, 2.05) is 0 Å². The lowest BCUT2D eigenvalue weighted by Crippen LogP contribution is -2.37. The molecule has 0 unspecified atom stereocenters. The van der Waals surface area contributed by atoms with Crippen LogP contribution < -0.4 is 0 Å². The maximum absolute atomic E-state index is 9.41. The molecular weight excluding hydrogens is 148 g/mol. The monoisotopic (exact) mass is 170 g/mol. The molecule has 1 aliphatic rings. The molecule has 1 rings (SSSR count). The van der Waals surface area contributed by atoms with E-state index in [4.69, 9.17) is 0 Å². The minimum atomic E-state index is -0.0274. The largest absolute Gasteiger partial charge is 0.393 e. The second-order valence-corrected chi connectivity index (χ2v) is 5.54. The molecule has 0 atom stereocenters. The second kappa shape index (κ2) is 3.02. The highest BCUT2D eigenvalue weighted by atomic mass is 16.3. The van der Waals surface area contributed by atoms with Crippen LogP contribution in [0.5, 0.6) is 0 Å². The average Bonchev–Trinajstić information content (AvgIpc) is 1.93. The van der Waals surface area contributed by atoms with Gasteiger partial charge in [-0.3, -0.25) is 0 Å². The summed E-state index contributed by atoms with van der Waals surface area (Å²) in [5, 5.41) is 9.41. The molecule has 1 N–H and O–H groups in total. The molecule has 0 aromatic heterocycles. The predicted molar refractivity (Wildman–Crippen MR) is 52.0 cm³/mol. The molecule has 1 nitrogen and oxygen atoms in total. The lowest BCUT2D eigenvalue weighted by atomic mass is 9.60. The van der Waals surface area contributed by atoms with Gasteiger partial charge in [-0.15, -0.1) is 0 Å². The quantitative estimate of drug-likeness (QED) is 0.592. The van der Waals surface area contributed by atoms with Crippen molar-refractivity contribution in [3.8, 4) is 0 Å². The van der Waals surface area contributed by atoms with Gasteiger partial charge in [-0.1, -0.05) is 27.7 Å². The third-order valence-electron chi connectivity index (χ3n) is 3.87. The highest BCUT2D eigenvalue weighted by Crippen LogP contribution is 2.48. The Morgan fingerprint density at radius 1 is 1.17 bits per heavy atom. The molecule has 0 saturated heterocycles. The van der Waals surface area contributed by atoms with Gasteiger partial charge in [0.15, 0.2) is 0 Å². The summed E-state index contributed by atoms with van der Waals surface area (Å²) in [6.07, 6.45) is 4.32. The van der Waals surface area contributed by atoms with Gasteiger partial charge in [0, 0.05) is 0 Å². The molecule has 0 bridgehead atoms. The van der Waals surface area contributed by atoms with Crippen molar-refractivity contribution < 1.29 is 5.11 Å². The number of hydrogen-bond acceptors (Lipinski definition) is 1. The highest BCUT2D eigenvalue weighted by Gasteiger charge is 2.39. The van der Waals surface area contributed by atoms with E-state index in [0.717, 1.165) is 12.8 Å². The molecular formula is C11H22O. The van der Waals surface area contributed by atoms with Crippen molar-refractivity contribution in [2.24, 2.45) is 10.8 Å². The molecule has 0 heterocycles. The Balaban J connectivity index is 2.62. The molecule has 0 spiro atoms. The van der Waals surface area contributed by atoms with Crippen LogP contribution >= 0.6 is 0 Å². The van der Waals surface area contributed by atoms with Crippen LogP contribution in [0.2, 0.25) is 0 Å². The number of aliphatic hydroxyl groups excluding tert-OH is 1. The fourth-order valence-electron chi connectivity index (χ4n) is 1.99. The molecule has 0 amide bonds. The molecule has 0 aliphatic heterocycles. The summed E-state index contributed by atoms with van der Waals surface area (Å²) >= 11 is 0. The van der Waals surface area contributed by atoms with Gasteiger partial charge in [0.25, 0.3) is 0 Å². The zero-order valence-electron chi connectivity index (χ0n) is 8.85. The Morgan fingerprint density at radius 3 is 1.92 bits per heavy atom. The topological polar surface area (TPSA) is 20.2 Å². The van der Waals surface area contributed by atoms with Crippen molar-refractivity contribution in [1.82, 2.24) is 0 Å². The van der Waals surface area contributed by atoms with E-state index in [1.54, 1.807) is 0 Å². The summed E-state index contributed by atoms with van der Waals surface area (Å²) in [6, 6.07) is 0. The summed E-state index contributed by atoms with van der Waals surface area (Å²) in [7, 11) is 0. The van der Waals surface area contributed by atoms with E-state index in [0.29, 0.717) is 10.8 Å². The molecule has 0 radical (unpaired) electrons. The highest BCUT2D eigenvalue weighted by molar-refractivity contribution is 4.90. The van der Waals surface area contributed by atoms with Crippen molar-refractivity contribution in [3.63, 3.8) is 0 Å². The summed E-state index contributed by atoms with van der Waals surface area (Å²) in [5.74, 6) is 0. The van der Waals surface area contributed by atoms with Crippen LogP contribution in [-0.2, 0) is 0 Å². The Bertz CT molecular complexity index is 147. The molecule has 1 aliphatic carbocycles. The molecule has 1 fully saturated rings. The van der Waals surface area contributed by atoms with Crippen molar-refractivity contribution >= 4 is 0 Å². The van der Waals surface area contributed by atoms with Crippen LogP contribution in [0.1, 0.15) is 53.4 Å². The number of hydrogen-bond donors (Lipinski definition) is 1. The maximum Gasteiger partial charge on any atom is 0.0540 e. The number of rotatable bonds is 0. The lowest BCUT2D eigenvalue weighted by Gasteiger charge is -2.46. The summed E-state index contributed by atoms with van der Waals surface area (Å²) in [6.45, 7) is 9.29. The van der Waals surface area contributed by atoms with Gasteiger partial charge in [0.05, 0.1) is 6.10 Å². The van der Waals surface area contributed by atoms with Crippen LogP contribution in [0, 0.1) is 10.8 Å². The van der Waals surface area contributed by atoms with E-state index in [1.165, 1.54) is 12.8 Å². The maximum atomic E-state index is 9.41. The first kappa shape index (κ1) is 10.0. The first-order chi connectivity index (χ1) is 5.35. The summed E-state index contributed by atoms with van der Waals surface area (Å²) in [4.78, 5) is 0. The van der Waals surface area contributed by atoms with Crippen molar-refractivity contribution in [2.45, 2.75) is 59.5 Å². The molecule has 0 aromatic carbocycles. The van der Waals surface area contributed by atoms with Crippen LogP contribution in [0.15, 0.2) is 0 Å². The average molecular weight is 170 g/mol. The third kappa shape index (κ3) is 1.82. The van der Waals surface area contributed by atoms with Gasteiger partial charge in [-0.05, 0) is 36.5 Å². The molecule has 12 heavy (non-hydrogen) atoms. The lowest BCUT2D eigenvalue weighted by molar-refractivity contribution is 0.00527. The van der Waals surface area contributed by atoms with E-state index in [2.05, 4.69) is 27.7 Å². The standard InChI is InChI=1S/C11H22O/c1-10(2,3)11(4)7-5-9(12)6-8-11/h9,12H,5-8H2,1-4H3. The van der Waals surface area contributed by atoms with Crippen LogP contribution in [0.4, 0.5) is 0 Å². The van der Waals surface area contributed by atoms with E-state index >= 15 is 0 Å². The van der Waals surface area contributed by atoms with Crippen molar-refractivity contribution in [2.75, 3.05) is 0 Å². The molecule has 1 heteroatoms. The Hall–Kier alpha value is -0.0400. The minimum absolute atomic E-state index is 0.0274. The fraction of sp³-hybridized carbons (Fsp3) is 1.00. The van der Waals surface area contributed by atoms with Gasteiger partial charge >= 0.3 is 0 Å². The third-order valence-corrected chi connectivity index (χ3v) is 3.87. The second-order valence-electron chi connectivity index (χ2n) is 5.54. The predicted octanol–water partition coefficient (Wildman–Crippen LogP) is 2.97. The summed E-state index contributed by atoms with van der Waals surface area (Å²) < 4.78 is 0. The van der Waals surface area contributed by atoms with Gasteiger partial charge in [0.1, 0.15) is 0 Å². The normalized spacial score (nSPS) is 38.2. The van der Waals surface area contributed by atoms with Gasteiger partial charge < -0.3 is 5.11 Å². The molecule has 1 saturated carbocycles. The first-order valence-corrected chi connectivity index (χ1v) is 5.03. The van der Waals surface area contributed by atoms with E-state index in [-0.39, 0.29) is 6.10 Å². The van der Waals surface area contributed by atoms with Gasteiger partial charge in [-0.25, -0.2) is 0 Å². The van der Waals surface area contributed by atoms with E-state index in [9.17, 15) is 5.11 Å². The van der Waals surface area contributed by atoms with Crippen LogP contribution in [0.25, 0.3) is 0 Å². The summed E-state index contributed by atoms with van der Waals surface area (Å²) in [5.41, 5.74) is 0.819. The Kier molecular flexibility index (Phi) is 2.53. The molecule has 72 valence electrons. The smallest absolute Gasteiger partial charge is 0.0540 e. The van der Waals surface area contributed by atoms with Gasteiger partial charge in [-0.2, -0.15) is 0 Å². The fourth-order valence-corrected chi connectivity index (χ4v) is 1.99. The Morgan fingerprint density at radius 2 is 1.58 bits per heavy atom. The number of aliphatic hydroxyl groups is 1. The van der Waals surface area contributed by atoms with Crippen molar-refractivity contribution in [3.05, 3.63) is 0 Å².